The number of hydrogen-bond acceptors (Lipinski definition) is 8. The van der Waals surface area contributed by atoms with E-state index >= 15 is 0 Å². The SMILES string of the molecule is C=CC[C@@H]1C[C@]1(NC(=O)[C@@H]1C[C@@H](O/N=C2\CCCc3cc(OC)ccc32)CN1C(=O)[C@@H](NC(=O)OC1CCCC1)C(C)(C)C)C(=O)O. The van der Waals surface area contributed by atoms with E-state index < -0.39 is 53.0 Å². The van der Waals surface area contributed by atoms with Gasteiger partial charge in [-0.15, -0.1) is 6.58 Å². The number of carbonyl (C=O) groups excluding carboxylic acids is 3. The van der Waals surface area contributed by atoms with Crippen molar-refractivity contribution in [1.29, 1.82) is 0 Å². The number of methoxy groups -OCH3 is 1. The van der Waals surface area contributed by atoms with Gasteiger partial charge in [-0.25, -0.2) is 9.59 Å². The third-order valence-corrected chi connectivity index (χ3v) is 9.88. The summed E-state index contributed by atoms with van der Waals surface area (Å²) in [6.45, 7) is 9.23. The number of carboxylic acids is 1. The predicted octanol–water partition coefficient (Wildman–Crippen LogP) is 4.34. The Kier molecular flexibility index (Phi) is 10.2. The van der Waals surface area contributed by atoms with Gasteiger partial charge in [-0.1, -0.05) is 32.0 Å². The lowest BCUT2D eigenvalue weighted by Gasteiger charge is -2.35. The van der Waals surface area contributed by atoms with E-state index in [4.69, 9.17) is 14.3 Å². The molecule has 1 aromatic carbocycles. The molecule has 47 heavy (non-hydrogen) atoms. The monoisotopic (exact) mass is 652 g/mol. The van der Waals surface area contributed by atoms with Crippen LogP contribution in [0.1, 0.15) is 89.7 Å². The van der Waals surface area contributed by atoms with E-state index in [2.05, 4.69) is 22.4 Å². The fourth-order valence-corrected chi connectivity index (χ4v) is 7.08. The molecule has 3 aliphatic carbocycles. The molecule has 2 saturated carbocycles. The normalized spacial score (nSPS) is 27.0. The molecule has 3 fully saturated rings. The van der Waals surface area contributed by atoms with Gasteiger partial charge in [0, 0.05) is 12.0 Å². The largest absolute Gasteiger partial charge is 0.497 e. The highest BCUT2D eigenvalue weighted by Gasteiger charge is 2.62. The zero-order valence-electron chi connectivity index (χ0n) is 27.9. The summed E-state index contributed by atoms with van der Waals surface area (Å²) in [5.41, 5.74) is 0.712. The number of carbonyl (C=O) groups is 4. The minimum absolute atomic E-state index is 0.0330. The molecule has 0 aromatic heterocycles. The van der Waals surface area contributed by atoms with Gasteiger partial charge < -0.3 is 35.0 Å². The lowest BCUT2D eigenvalue weighted by molar-refractivity contribution is -0.146. The van der Waals surface area contributed by atoms with Crippen LogP contribution in [0.5, 0.6) is 5.75 Å². The maximum absolute atomic E-state index is 14.3. The van der Waals surface area contributed by atoms with Gasteiger partial charge in [0.15, 0.2) is 0 Å². The number of fused-ring (bicyclic) bond motifs is 1. The summed E-state index contributed by atoms with van der Waals surface area (Å²) in [5, 5.41) is 20.1. The van der Waals surface area contributed by atoms with Crippen molar-refractivity contribution in [2.24, 2.45) is 16.5 Å². The molecule has 12 heteroatoms. The zero-order chi connectivity index (χ0) is 33.9. The number of rotatable bonds is 11. The first kappa shape index (κ1) is 34.3. The third-order valence-electron chi connectivity index (χ3n) is 9.88. The Morgan fingerprint density at radius 1 is 1.15 bits per heavy atom. The highest BCUT2D eigenvalue weighted by molar-refractivity contribution is 6.02. The number of carboxylic acid groups (broad SMARTS) is 1. The molecule has 0 radical (unpaired) electrons. The molecule has 5 atom stereocenters. The Morgan fingerprint density at radius 2 is 1.89 bits per heavy atom. The van der Waals surface area contributed by atoms with Gasteiger partial charge >= 0.3 is 12.1 Å². The Labute approximate surface area is 276 Å². The Morgan fingerprint density at radius 3 is 2.55 bits per heavy atom. The minimum atomic E-state index is -1.42. The van der Waals surface area contributed by atoms with Crippen molar-refractivity contribution < 1.29 is 38.6 Å². The second-order valence-electron chi connectivity index (χ2n) is 14.3. The molecule has 3 amide bonds. The Hall–Kier alpha value is -4.09. The van der Waals surface area contributed by atoms with Crippen molar-refractivity contribution in [3.05, 3.63) is 42.0 Å². The minimum Gasteiger partial charge on any atom is -0.497 e. The number of ether oxygens (including phenoxy) is 2. The summed E-state index contributed by atoms with van der Waals surface area (Å²) >= 11 is 0. The van der Waals surface area contributed by atoms with Gasteiger partial charge in [-0.05, 0) is 92.9 Å². The molecule has 1 aliphatic heterocycles. The fraction of sp³-hybridized carbons (Fsp3) is 0.629. The molecular formula is C35H48N4O8. The summed E-state index contributed by atoms with van der Waals surface area (Å²) < 4.78 is 11.0. The summed E-state index contributed by atoms with van der Waals surface area (Å²) in [7, 11) is 1.63. The van der Waals surface area contributed by atoms with Crippen molar-refractivity contribution in [1.82, 2.24) is 15.5 Å². The molecule has 256 valence electrons. The molecule has 5 rings (SSSR count). The number of likely N-dealkylation sites (tertiary alicyclic amines) is 1. The van der Waals surface area contributed by atoms with Gasteiger partial charge in [0.1, 0.15) is 35.6 Å². The molecule has 1 aromatic rings. The maximum Gasteiger partial charge on any atom is 0.408 e. The van der Waals surface area contributed by atoms with E-state index in [-0.39, 0.29) is 31.4 Å². The number of aryl methyl sites for hydroxylation is 1. The van der Waals surface area contributed by atoms with Gasteiger partial charge in [-0.2, -0.15) is 0 Å². The Bertz CT molecular complexity index is 1410. The van der Waals surface area contributed by atoms with Crippen LogP contribution in [0.3, 0.4) is 0 Å². The van der Waals surface area contributed by atoms with Crippen LogP contribution in [0.25, 0.3) is 0 Å². The quantitative estimate of drug-likeness (QED) is 0.236. The van der Waals surface area contributed by atoms with Gasteiger partial charge in [0.05, 0.1) is 19.4 Å². The van der Waals surface area contributed by atoms with E-state index in [0.717, 1.165) is 61.1 Å². The lowest BCUT2D eigenvalue weighted by Crippen LogP contribution is -2.59. The first-order chi connectivity index (χ1) is 22.4. The average Bonchev–Trinajstić information content (AvgIpc) is 3.34. The van der Waals surface area contributed by atoms with E-state index in [9.17, 15) is 24.3 Å². The average molecular weight is 653 g/mol. The zero-order valence-corrected chi connectivity index (χ0v) is 27.9. The molecule has 1 saturated heterocycles. The molecule has 0 unspecified atom stereocenters. The van der Waals surface area contributed by atoms with E-state index in [1.54, 1.807) is 13.2 Å². The van der Waals surface area contributed by atoms with Crippen LogP contribution in [0.2, 0.25) is 0 Å². The van der Waals surface area contributed by atoms with Crippen molar-refractivity contribution in [2.75, 3.05) is 13.7 Å². The van der Waals surface area contributed by atoms with Crippen LogP contribution in [0.4, 0.5) is 4.79 Å². The number of alkyl carbamates (subject to hydrolysis) is 1. The second kappa shape index (κ2) is 13.9. The maximum atomic E-state index is 14.3. The second-order valence-corrected chi connectivity index (χ2v) is 14.3. The molecular weight excluding hydrogens is 604 g/mol. The summed E-state index contributed by atoms with van der Waals surface area (Å²) in [4.78, 5) is 60.8. The van der Waals surface area contributed by atoms with Crippen molar-refractivity contribution in [3.63, 3.8) is 0 Å². The number of amides is 3. The number of oxime groups is 1. The molecule has 12 nitrogen and oxygen atoms in total. The highest BCUT2D eigenvalue weighted by atomic mass is 16.6. The fourth-order valence-electron chi connectivity index (χ4n) is 7.08. The highest BCUT2D eigenvalue weighted by Crippen LogP contribution is 2.46. The molecule has 3 N–H and O–H groups in total. The molecule has 0 spiro atoms. The lowest BCUT2D eigenvalue weighted by atomic mass is 9.85. The van der Waals surface area contributed by atoms with Crippen LogP contribution >= 0.6 is 0 Å². The van der Waals surface area contributed by atoms with Crippen LogP contribution in [0, 0.1) is 11.3 Å². The van der Waals surface area contributed by atoms with Crippen molar-refractivity contribution >= 4 is 29.6 Å². The van der Waals surface area contributed by atoms with Gasteiger partial charge in [-0.3, -0.25) is 9.59 Å². The van der Waals surface area contributed by atoms with Crippen LogP contribution in [-0.4, -0.2) is 83.1 Å². The molecule has 0 bridgehead atoms. The summed E-state index contributed by atoms with van der Waals surface area (Å²) in [6, 6.07) is 3.78. The predicted molar refractivity (Wildman–Crippen MR) is 174 cm³/mol. The molecule has 1 heterocycles. The van der Waals surface area contributed by atoms with Crippen molar-refractivity contribution in [3.8, 4) is 5.75 Å². The van der Waals surface area contributed by atoms with Crippen LogP contribution < -0.4 is 15.4 Å². The van der Waals surface area contributed by atoms with E-state index in [1.165, 1.54) is 4.90 Å². The third kappa shape index (κ3) is 7.57. The van der Waals surface area contributed by atoms with E-state index in [0.29, 0.717) is 12.8 Å². The van der Waals surface area contributed by atoms with Gasteiger partial charge in [0.2, 0.25) is 11.8 Å². The topological polar surface area (TPSA) is 156 Å². The first-order valence-corrected chi connectivity index (χ1v) is 16.7. The number of aliphatic carboxylic acids is 1. The van der Waals surface area contributed by atoms with Crippen LogP contribution in [0.15, 0.2) is 36.0 Å². The number of hydrogen-bond donors (Lipinski definition) is 3. The Balaban J connectivity index is 1.37. The number of nitrogens with zero attached hydrogens (tertiary/aromatic N) is 2. The molecule has 4 aliphatic rings. The summed E-state index contributed by atoms with van der Waals surface area (Å²) in [5.74, 6) is -1.70. The van der Waals surface area contributed by atoms with Gasteiger partial charge in [0.25, 0.3) is 0 Å². The number of nitrogens with one attached hydrogen (secondary N) is 2. The number of allylic oxidation sites excluding steroid dienone is 1. The standard InChI is InChI=1S/C35H48N4O8/c1-6-10-22-19-35(22,32(42)43)37-30(40)28-18-25(47-38-27-14-9-11-21-17-24(45-5)15-16-26(21)27)20-39(28)31(41)29(34(2,3)4)36-33(44)46-23-12-7-8-13-23/h6,15-17,22-23,25,28-29H,1,7-14,18-20H2,2-5H3,(H,36,44)(H,37,40)(H,42,43)/b38-27+/t22-,25-,28+,29-,35-/m1/s1. The smallest absolute Gasteiger partial charge is 0.408 e. The summed E-state index contributed by atoms with van der Waals surface area (Å²) in [6.07, 6.45) is 7.00. The van der Waals surface area contributed by atoms with E-state index in [1.807, 2.05) is 39.0 Å². The number of benzene rings is 1. The van der Waals surface area contributed by atoms with Crippen molar-refractivity contribution in [2.45, 2.75) is 115 Å². The first-order valence-electron chi connectivity index (χ1n) is 16.7. The van der Waals surface area contributed by atoms with Crippen LogP contribution in [-0.2, 0) is 30.4 Å².